The predicted octanol–water partition coefficient (Wildman–Crippen LogP) is -0.619. The Hall–Kier alpha value is -0.0600. The molecule has 0 rings (SSSR count). The fourth-order valence-electron chi connectivity index (χ4n) is 0.422. The van der Waals surface area contributed by atoms with Gasteiger partial charge in [0.2, 0.25) is 0 Å². The molecule has 0 aromatic heterocycles. The molecular formula is C5H12N2OS. The Morgan fingerprint density at radius 3 is 2.78 bits per heavy atom. The summed E-state index contributed by atoms with van der Waals surface area (Å²) in [6.45, 7) is 1.79. The number of hydrogen-bond donors (Lipinski definition) is 3. The van der Waals surface area contributed by atoms with Crippen molar-refractivity contribution in [2.75, 3.05) is 19.6 Å². The second-order valence-electron chi connectivity index (χ2n) is 1.71. The Kier molecular flexibility index (Phi) is 6.03. The smallest absolute Gasteiger partial charge is 0.199 e. The topological polar surface area (TPSA) is 55.1 Å². The van der Waals surface area contributed by atoms with Gasteiger partial charge in [-0.15, -0.1) is 12.6 Å². The Morgan fingerprint density at radius 2 is 2.33 bits per heavy atom. The van der Waals surface area contributed by atoms with E-state index in [-0.39, 0.29) is 5.12 Å². The molecule has 9 heavy (non-hydrogen) atoms. The van der Waals surface area contributed by atoms with Gasteiger partial charge in [0.25, 0.3) is 0 Å². The van der Waals surface area contributed by atoms with Crippen LogP contribution in [0.3, 0.4) is 0 Å². The van der Waals surface area contributed by atoms with Crippen LogP contribution in [0, 0.1) is 0 Å². The second kappa shape index (κ2) is 6.07. The van der Waals surface area contributed by atoms with Crippen LogP contribution >= 0.6 is 12.6 Å². The van der Waals surface area contributed by atoms with Crippen LogP contribution in [0.5, 0.6) is 0 Å². The lowest BCUT2D eigenvalue weighted by Gasteiger charge is -1.97. The number of nitrogens with one attached hydrogen (secondary N) is 1. The van der Waals surface area contributed by atoms with Crippen molar-refractivity contribution in [1.29, 1.82) is 0 Å². The summed E-state index contributed by atoms with van der Waals surface area (Å²) in [5.41, 5.74) is 5.20. The monoisotopic (exact) mass is 148 g/mol. The minimum absolute atomic E-state index is 0.132. The summed E-state index contributed by atoms with van der Waals surface area (Å²) in [4.78, 5) is 10.2. The molecule has 0 heterocycles. The first kappa shape index (κ1) is 8.94. The van der Waals surface area contributed by atoms with Gasteiger partial charge in [-0.25, -0.2) is 0 Å². The zero-order valence-corrected chi connectivity index (χ0v) is 6.16. The number of hydrogen-bond acceptors (Lipinski definition) is 3. The van der Waals surface area contributed by atoms with Crippen molar-refractivity contribution in [3.05, 3.63) is 0 Å². The molecule has 4 heteroatoms. The van der Waals surface area contributed by atoms with Gasteiger partial charge >= 0.3 is 0 Å². The molecule has 0 unspecified atom stereocenters. The summed E-state index contributed by atoms with van der Waals surface area (Å²) in [5.74, 6) is 0. The Labute approximate surface area is 60.4 Å². The lowest BCUT2D eigenvalue weighted by Crippen LogP contribution is -2.22. The molecule has 3 N–H and O–H groups in total. The zero-order chi connectivity index (χ0) is 7.11. The van der Waals surface area contributed by atoms with Crippen molar-refractivity contribution < 1.29 is 4.79 Å². The fraction of sp³-hybridized carbons (Fsp3) is 0.800. The van der Waals surface area contributed by atoms with Gasteiger partial charge in [-0.1, -0.05) is 0 Å². The number of rotatable bonds is 5. The van der Waals surface area contributed by atoms with Crippen LogP contribution < -0.4 is 11.1 Å². The van der Waals surface area contributed by atoms with E-state index in [1.807, 2.05) is 0 Å². The van der Waals surface area contributed by atoms with Gasteiger partial charge in [-0.05, 0) is 19.5 Å². The van der Waals surface area contributed by atoms with Crippen LogP contribution in [0.15, 0.2) is 0 Å². The minimum Gasteiger partial charge on any atom is -0.330 e. The minimum atomic E-state index is -0.132. The van der Waals surface area contributed by atoms with Crippen LogP contribution in [-0.2, 0) is 4.79 Å². The highest BCUT2D eigenvalue weighted by Gasteiger charge is 1.90. The summed E-state index contributed by atoms with van der Waals surface area (Å²) in [6.07, 6.45) is 0.904. The van der Waals surface area contributed by atoms with E-state index in [1.165, 1.54) is 0 Å². The summed E-state index contributed by atoms with van der Waals surface area (Å²) >= 11 is 3.57. The van der Waals surface area contributed by atoms with Crippen LogP contribution in [0.25, 0.3) is 0 Å². The largest absolute Gasteiger partial charge is 0.330 e. The highest BCUT2D eigenvalue weighted by atomic mass is 32.1. The molecule has 0 aromatic carbocycles. The third-order valence-electron chi connectivity index (χ3n) is 0.834. The van der Waals surface area contributed by atoms with Crippen LogP contribution in [-0.4, -0.2) is 24.7 Å². The Bertz CT molecular complexity index is 87.0. The average molecular weight is 148 g/mol. The first-order valence-corrected chi connectivity index (χ1v) is 3.34. The van der Waals surface area contributed by atoms with E-state index < -0.39 is 0 Å². The van der Waals surface area contributed by atoms with Gasteiger partial charge in [-0.3, -0.25) is 4.79 Å². The number of nitrogens with two attached hydrogens (primary N) is 1. The molecular weight excluding hydrogens is 136 g/mol. The van der Waals surface area contributed by atoms with E-state index in [4.69, 9.17) is 5.73 Å². The van der Waals surface area contributed by atoms with E-state index in [1.54, 1.807) is 0 Å². The van der Waals surface area contributed by atoms with Crippen molar-refractivity contribution in [3.63, 3.8) is 0 Å². The highest BCUT2D eigenvalue weighted by molar-refractivity contribution is 7.96. The van der Waals surface area contributed by atoms with Gasteiger partial charge in [0.1, 0.15) is 0 Å². The fourth-order valence-corrected chi connectivity index (χ4v) is 0.534. The quantitative estimate of drug-likeness (QED) is 0.360. The lowest BCUT2D eigenvalue weighted by atomic mass is 10.4. The van der Waals surface area contributed by atoms with Crippen molar-refractivity contribution in [2.24, 2.45) is 5.73 Å². The molecule has 3 nitrogen and oxygen atoms in total. The van der Waals surface area contributed by atoms with E-state index in [2.05, 4.69) is 17.9 Å². The molecule has 0 spiro atoms. The zero-order valence-electron chi connectivity index (χ0n) is 5.26. The van der Waals surface area contributed by atoms with E-state index >= 15 is 0 Å². The van der Waals surface area contributed by atoms with Gasteiger partial charge in [-0.2, -0.15) is 0 Å². The van der Waals surface area contributed by atoms with Crippen molar-refractivity contribution in [3.8, 4) is 0 Å². The number of thiol groups is 1. The summed E-state index contributed by atoms with van der Waals surface area (Å²) in [6, 6.07) is 0. The van der Waals surface area contributed by atoms with E-state index in [0.29, 0.717) is 13.1 Å². The standard InChI is InChI=1S/C5H12N2OS/c6-2-1-3-7-4-5(8)9/h7H,1-4,6H2,(H,8,9). The van der Waals surface area contributed by atoms with E-state index in [0.717, 1.165) is 13.0 Å². The van der Waals surface area contributed by atoms with Crippen LogP contribution in [0.1, 0.15) is 6.42 Å². The molecule has 0 aliphatic rings. The molecule has 0 radical (unpaired) electrons. The summed E-state index contributed by atoms with van der Waals surface area (Å²) < 4.78 is 0. The molecule has 0 fully saturated rings. The maximum Gasteiger partial charge on any atom is 0.199 e. The van der Waals surface area contributed by atoms with Crippen molar-refractivity contribution in [1.82, 2.24) is 5.32 Å². The summed E-state index contributed by atoms with van der Waals surface area (Å²) in [5, 5.41) is 2.75. The SMILES string of the molecule is NCCCNCC(=O)S. The summed E-state index contributed by atoms with van der Waals surface area (Å²) in [7, 11) is 0. The first-order chi connectivity index (χ1) is 4.27. The molecule has 54 valence electrons. The molecule has 0 bridgehead atoms. The Balaban J connectivity index is 2.83. The average Bonchev–Trinajstić information content (AvgIpc) is 1.80. The molecule has 0 atom stereocenters. The lowest BCUT2D eigenvalue weighted by molar-refractivity contribution is -0.110. The molecule has 0 amide bonds. The second-order valence-corrected chi connectivity index (χ2v) is 2.21. The third-order valence-corrected chi connectivity index (χ3v) is 0.992. The number of carbonyl (C=O) groups is 1. The molecule has 0 aromatic rings. The van der Waals surface area contributed by atoms with Crippen molar-refractivity contribution in [2.45, 2.75) is 6.42 Å². The molecule has 0 aliphatic carbocycles. The van der Waals surface area contributed by atoms with Crippen LogP contribution in [0.4, 0.5) is 0 Å². The highest BCUT2D eigenvalue weighted by Crippen LogP contribution is 1.74. The van der Waals surface area contributed by atoms with Gasteiger partial charge < -0.3 is 11.1 Å². The Morgan fingerprint density at radius 1 is 1.67 bits per heavy atom. The predicted molar refractivity (Wildman–Crippen MR) is 40.5 cm³/mol. The van der Waals surface area contributed by atoms with Gasteiger partial charge in [0, 0.05) is 0 Å². The maximum absolute atomic E-state index is 10.2. The molecule has 0 saturated carbocycles. The number of carbonyl (C=O) groups excluding carboxylic acids is 1. The van der Waals surface area contributed by atoms with Gasteiger partial charge in [0.05, 0.1) is 6.54 Å². The van der Waals surface area contributed by atoms with E-state index in [9.17, 15) is 4.79 Å². The maximum atomic E-state index is 10.2. The normalized spacial score (nSPS) is 9.56. The molecule has 0 saturated heterocycles. The van der Waals surface area contributed by atoms with Crippen molar-refractivity contribution >= 4 is 17.7 Å². The first-order valence-electron chi connectivity index (χ1n) is 2.90. The molecule has 0 aliphatic heterocycles. The van der Waals surface area contributed by atoms with Gasteiger partial charge in [0.15, 0.2) is 5.12 Å². The van der Waals surface area contributed by atoms with Crippen LogP contribution in [0.2, 0.25) is 0 Å². The third kappa shape index (κ3) is 7.94.